The van der Waals surface area contributed by atoms with Crippen molar-refractivity contribution in [3.8, 4) is 10.8 Å². The molecule has 0 spiro atoms. The van der Waals surface area contributed by atoms with Crippen LogP contribution in [0.2, 0.25) is 0 Å². The summed E-state index contributed by atoms with van der Waals surface area (Å²) in [5.74, 6) is 0. The molecule has 14 heteroatoms. The fourth-order valence-electron chi connectivity index (χ4n) is 2.07. The van der Waals surface area contributed by atoms with Crippen molar-refractivity contribution in [3.05, 3.63) is 67.8 Å². The van der Waals surface area contributed by atoms with Gasteiger partial charge >= 0.3 is 0 Å². The quantitative estimate of drug-likeness (QED) is 0.226. The van der Waals surface area contributed by atoms with E-state index in [0.717, 1.165) is 33.7 Å². The second-order valence-corrected chi connectivity index (χ2v) is 8.79. The van der Waals surface area contributed by atoms with Crippen molar-refractivity contribution in [3.63, 3.8) is 0 Å². The second-order valence-electron chi connectivity index (χ2n) is 5.00. The van der Waals surface area contributed by atoms with E-state index < -0.39 is 31.5 Å². The van der Waals surface area contributed by atoms with Crippen LogP contribution in [-0.4, -0.2) is 20.1 Å². The predicted octanol–water partition coefficient (Wildman–Crippen LogP) is 5.01. The molecule has 0 aliphatic carbocycles. The zero-order chi connectivity index (χ0) is 22.3. The Labute approximate surface area is 184 Å². The highest BCUT2D eigenvalue weighted by Gasteiger charge is 2.23. The largest absolute Gasteiger partial charge is 0.281 e. The number of nitriles is 2. The first-order valence-electron chi connectivity index (χ1n) is 7.40. The van der Waals surface area contributed by atoms with Crippen molar-refractivity contribution >= 4 is 66.7 Å². The number of nitro benzene ring substituents is 2. The van der Waals surface area contributed by atoms with Gasteiger partial charge in [-0.2, -0.15) is 10.5 Å². The van der Waals surface area contributed by atoms with Gasteiger partial charge in [0, 0.05) is 45.4 Å². The minimum atomic E-state index is -0.770. The summed E-state index contributed by atoms with van der Waals surface area (Å²) in [6.45, 7) is 0. The second kappa shape index (κ2) is 10.7. The fraction of sp³-hybridized carbons (Fsp3) is 0. The van der Waals surface area contributed by atoms with Gasteiger partial charge in [-0.15, -0.1) is 0 Å². The molecular formula is C16H6N4O6S4. The average molecular weight is 479 g/mol. The summed E-state index contributed by atoms with van der Waals surface area (Å²) < 4.78 is 0. The summed E-state index contributed by atoms with van der Waals surface area (Å²) in [6.07, 6.45) is 0. The van der Waals surface area contributed by atoms with Gasteiger partial charge in [0.25, 0.3) is 11.4 Å². The number of hydrogen-bond donors (Lipinski definition) is 0. The lowest BCUT2D eigenvalue weighted by Crippen LogP contribution is -2.00. The number of thioether (sulfide) groups is 2. The molecular weight excluding hydrogens is 472 g/mol. The molecule has 0 aromatic heterocycles. The van der Waals surface area contributed by atoms with E-state index in [4.69, 9.17) is 10.5 Å². The van der Waals surface area contributed by atoms with Crippen LogP contribution >= 0.6 is 45.1 Å². The van der Waals surface area contributed by atoms with E-state index in [1.54, 1.807) is 10.8 Å². The van der Waals surface area contributed by atoms with Crippen LogP contribution in [0.5, 0.6) is 0 Å². The maximum atomic E-state index is 12.0. The molecule has 2 rings (SSSR count). The molecule has 10 nitrogen and oxygen atoms in total. The molecule has 2 aromatic rings. The van der Waals surface area contributed by atoms with Crippen LogP contribution in [0.4, 0.5) is 11.4 Å². The smallest absolute Gasteiger partial charge is 0.280 e. The predicted molar refractivity (Wildman–Crippen MR) is 113 cm³/mol. The molecule has 0 radical (unpaired) electrons. The van der Waals surface area contributed by atoms with Crippen molar-refractivity contribution in [2.75, 3.05) is 0 Å². The maximum Gasteiger partial charge on any atom is 0.281 e. The summed E-state index contributed by atoms with van der Waals surface area (Å²) in [7, 11) is 2.18. The van der Waals surface area contributed by atoms with Crippen LogP contribution in [0.15, 0.2) is 46.2 Å². The normalized spacial score (nSPS) is 9.93. The Balaban J connectivity index is 2.31. The van der Waals surface area contributed by atoms with Crippen LogP contribution in [0.25, 0.3) is 0 Å². The third-order valence-electron chi connectivity index (χ3n) is 3.28. The van der Waals surface area contributed by atoms with E-state index in [0.29, 0.717) is 9.79 Å². The zero-order valence-electron chi connectivity index (χ0n) is 14.3. The molecule has 0 saturated heterocycles. The van der Waals surface area contributed by atoms with Crippen molar-refractivity contribution in [1.82, 2.24) is 0 Å². The highest BCUT2D eigenvalue weighted by molar-refractivity contribution is 8.76. The van der Waals surface area contributed by atoms with Gasteiger partial charge in [-0.1, -0.05) is 21.6 Å². The lowest BCUT2D eigenvalue weighted by molar-refractivity contribution is -0.385. The number of carbonyl (C=O) groups excluding carboxylic acids is 2. The Morgan fingerprint density at radius 3 is 1.43 bits per heavy atom. The first-order chi connectivity index (χ1) is 14.3. The number of benzene rings is 2. The van der Waals surface area contributed by atoms with Crippen molar-refractivity contribution in [2.45, 2.75) is 9.79 Å². The number of carbonyl (C=O) groups is 2. The highest BCUT2D eigenvalue weighted by atomic mass is 33.1. The summed E-state index contributed by atoms with van der Waals surface area (Å²) in [6, 6.07) is 7.64. The summed E-state index contributed by atoms with van der Waals surface area (Å²) >= 11 is 0.539. The molecule has 30 heavy (non-hydrogen) atoms. The molecule has 0 unspecified atom stereocenters. The van der Waals surface area contributed by atoms with Crippen LogP contribution in [0.3, 0.4) is 0 Å². The standard InChI is InChI=1S/C16H6N4O6S4/c17-7-27-15(21)11-5-9(1-3-13(11)19(23)24)29-30-10-2-4-14(20(25)26)12(6-10)16(22)28-8-18/h1-6H. The molecule has 0 atom stereocenters. The van der Waals surface area contributed by atoms with E-state index in [9.17, 15) is 29.8 Å². The van der Waals surface area contributed by atoms with Crippen molar-refractivity contribution in [2.24, 2.45) is 0 Å². The van der Waals surface area contributed by atoms with Gasteiger partial charge in [-0.05, 0) is 24.3 Å². The van der Waals surface area contributed by atoms with Crippen LogP contribution in [0, 0.1) is 41.6 Å². The van der Waals surface area contributed by atoms with Crippen molar-refractivity contribution < 1.29 is 19.4 Å². The third-order valence-corrected chi connectivity index (χ3v) is 6.65. The number of nitro groups is 2. The molecule has 0 saturated carbocycles. The van der Waals surface area contributed by atoms with Gasteiger partial charge in [-0.25, -0.2) is 0 Å². The summed E-state index contributed by atoms with van der Waals surface area (Å²) in [5, 5.41) is 41.1. The maximum absolute atomic E-state index is 12.0. The molecule has 0 fully saturated rings. The van der Waals surface area contributed by atoms with Gasteiger partial charge in [0.2, 0.25) is 10.2 Å². The number of rotatable bonds is 7. The minimum Gasteiger partial charge on any atom is -0.280 e. The van der Waals surface area contributed by atoms with Gasteiger partial charge in [0.05, 0.1) is 9.85 Å². The highest BCUT2D eigenvalue weighted by Crippen LogP contribution is 2.41. The van der Waals surface area contributed by atoms with Gasteiger partial charge in [0.15, 0.2) is 0 Å². The molecule has 0 aliphatic heterocycles. The Hall–Kier alpha value is -3.04. The number of thiocyanates is 2. The Morgan fingerprint density at radius 1 is 0.767 bits per heavy atom. The van der Waals surface area contributed by atoms with Crippen LogP contribution in [0.1, 0.15) is 20.7 Å². The first-order valence-corrected chi connectivity index (χ1v) is 11.2. The number of nitrogens with zero attached hydrogens (tertiary/aromatic N) is 4. The topological polar surface area (TPSA) is 168 Å². The molecule has 150 valence electrons. The van der Waals surface area contributed by atoms with Crippen molar-refractivity contribution in [1.29, 1.82) is 10.5 Å². The SMILES string of the molecule is N#CSC(=O)c1cc(SSc2ccc([N+](=O)[O-])c(C(=O)SC#N)c2)ccc1[N+](=O)[O-]. The van der Waals surface area contributed by atoms with E-state index >= 15 is 0 Å². The summed E-state index contributed by atoms with van der Waals surface area (Å²) in [4.78, 5) is 45.6. The molecule has 2 aromatic carbocycles. The molecule has 0 heterocycles. The first kappa shape index (κ1) is 23.2. The third kappa shape index (κ3) is 5.74. The van der Waals surface area contributed by atoms with Crippen LogP contribution in [-0.2, 0) is 0 Å². The Bertz CT molecular complexity index is 1050. The monoisotopic (exact) mass is 478 g/mol. The zero-order valence-corrected chi connectivity index (χ0v) is 17.6. The van der Waals surface area contributed by atoms with E-state index in [1.165, 1.54) is 24.3 Å². The van der Waals surface area contributed by atoms with E-state index in [2.05, 4.69) is 0 Å². The molecule has 0 aliphatic rings. The van der Waals surface area contributed by atoms with Gasteiger partial charge in [-0.3, -0.25) is 29.8 Å². The van der Waals surface area contributed by atoms with E-state index in [-0.39, 0.29) is 34.7 Å². The minimum absolute atomic E-state index is 0.234. The fourth-order valence-corrected chi connectivity index (χ4v) is 4.75. The number of hydrogen-bond acceptors (Lipinski definition) is 12. The Morgan fingerprint density at radius 2 is 1.13 bits per heavy atom. The van der Waals surface area contributed by atoms with Gasteiger partial charge < -0.3 is 0 Å². The van der Waals surface area contributed by atoms with E-state index in [1.807, 2.05) is 0 Å². The molecule has 0 N–H and O–H groups in total. The average Bonchev–Trinajstić information content (AvgIpc) is 2.72. The van der Waals surface area contributed by atoms with Crippen LogP contribution < -0.4 is 0 Å². The lowest BCUT2D eigenvalue weighted by Gasteiger charge is -2.06. The Kier molecular flexibility index (Phi) is 8.25. The molecule has 0 bridgehead atoms. The van der Waals surface area contributed by atoms with Gasteiger partial charge in [0.1, 0.15) is 21.9 Å². The lowest BCUT2D eigenvalue weighted by atomic mass is 10.2. The molecule has 0 amide bonds. The summed E-state index contributed by atoms with van der Waals surface area (Å²) in [5.41, 5.74) is -1.34.